The van der Waals surface area contributed by atoms with Crippen molar-refractivity contribution in [2.24, 2.45) is 0 Å². The maximum atomic E-state index is 12.5. The van der Waals surface area contributed by atoms with Crippen LogP contribution in [0.15, 0.2) is 261 Å². The molecule has 0 radical (unpaired) electrons. The molecule has 684 valence electrons. The molecule has 2 aliphatic rings. The number of nitrogen functional groups attached to an aromatic ring is 14. The molecular formula is C97H79N29O12. The summed E-state index contributed by atoms with van der Waals surface area (Å²) >= 11 is 0. The van der Waals surface area contributed by atoms with E-state index in [1.807, 2.05) is 66.7 Å². The van der Waals surface area contributed by atoms with Crippen LogP contribution in [0.1, 0.15) is 52.7 Å². The van der Waals surface area contributed by atoms with Crippen molar-refractivity contribution in [3.05, 3.63) is 295 Å². The van der Waals surface area contributed by atoms with E-state index in [9.17, 15) is 60.0 Å². The highest BCUT2D eigenvalue weighted by atomic mass is 16.3. The second-order valence-electron chi connectivity index (χ2n) is 30.3. The van der Waals surface area contributed by atoms with Gasteiger partial charge in [-0.25, -0.2) is 44.9 Å². The monoisotopic (exact) mass is 1840 g/mol. The number of carbonyl (C=O) groups excluding carboxylic acids is 4. The zero-order valence-electron chi connectivity index (χ0n) is 71.8. The number of hydrogen-bond acceptors (Lipinski definition) is 41. The second-order valence-corrected chi connectivity index (χ2v) is 30.3. The van der Waals surface area contributed by atoms with Crippen molar-refractivity contribution >= 4 is 171 Å². The molecule has 0 amide bonds. The summed E-state index contributed by atoms with van der Waals surface area (Å²) in [6, 6.07) is 63.9. The van der Waals surface area contributed by atoms with Gasteiger partial charge in [0, 0.05) is 67.9 Å². The minimum Gasteiger partial charge on any atom is -0.508 e. The molecule has 138 heavy (non-hydrogen) atoms. The van der Waals surface area contributed by atoms with Gasteiger partial charge in [0.2, 0.25) is 23.6 Å². The summed E-state index contributed by atoms with van der Waals surface area (Å²) < 4.78 is 0. The van der Waals surface area contributed by atoms with E-state index < -0.39 is 17.3 Å². The molecule has 0 saturated carbocycles. The standard InChI is InChI=1S/C15H11N3O3.C15H13N3O.C14H10N4O3.C14H12N4O2.C14H12N4O.C13H11N5O.C12H10N6O/c16-12-6-10-11(20)5-9(7-2-1-3-8(19)4-7)14(21)13(10)15(17)18-12;16-14-8-11-5-4-10(7-13(11)15(17)18-14)9-2-1-3-12(19)6-9;15-13-10-11(17-14(16)18-13)9(20)5-8(12(10)21)6-2-1-3-7(19)4-6;15-13-5-10-9(14(16)18-13)3-8(6-17-10)7-1-2-11(19)12(20)4-7;15-13-11-7-9(8-2-1-3-10(19)6-8)4-5-12(11)17-14(16)18-13;14-11-5-9-12(13(15)18-11)17-10(6-16-9)7-2-1-3-8(19)4-7;13-10-9-11(18-12(14)17-10)15-5-8(16-9)6-2-1-3-7(19)4-6/h1-6,19H,(H4,16,17,18);1-8,19H,(H4,16,17,18);1-5,19H,(H4,15,16,17,18);1-6,19-20H,(H4,15,16,18);1-7,19H,(H4,15,16,17,18);1-6,19H,(H4,14,15,18);1-5,19H,(H4,13,14,15,17,18). The van der Waals surface area contributed by atoms with Crippen LogP contribution in [-0.2, 0) is 0 Å². The lowest BCUT2D eigenvalue weighted by molar-refractivity contribution is 0.0998. The molecular weight excluding hydrogens is 1760 g/mol. The van der Waals surface area contributed by atoms with E-state index in [4.69, 9.17) is 80.3 Å². The number of allylic oxidation sites excluding steroid dienone is 4. The third-order valence-corrected chi connectivity index (χ3v) is 20.7. The smallest absolute Gasteiger partial charge is 0.224 e. The number of pyridine rings is 5. The molecule has 0 aliphatic heterocycles. The number of phenols is 8. The molecule has 0 bridgehead atoms. The Morgan fingerprint density at radius 2 is 0.638 bits per heavy atom. The van der Waals surface area contributed by atoms with Crippen LogP contribution in [0.2, 0.25) is 0 Å². The number of carbonyl (C=O) groups is 4. The van der Waals surface area contributed by atoms with Gasteiger partial charge in [-0.3, -0.25) is 29.1 Å². The molecule has 0 spiro atoms. The molecule has 0 fully saturated rings. The topological polar surface area (TPSA) is 788 Å². The Morgan fingerprint density at radius 3 is 1.22 bits per heavy atom. The Kier molecular flexibility index (Phi) is 25.9. The first kappa shape index (κ1) is 91.9. The Balaban J connectivity index is 0.000000122. The predicted octanol–water partition coefficient (Wildman–Crippen LogP) is 11.6. The number of benzene rings is 9. The number of aromatic hydroxyl groups is 8. The highest BCUT2D eigenvalue weighted by Gasteiger charge is 2.33. The van der Waals surface area contributed by atoms with Crippen molar-refractivity contribution in [2.75, 3.05) is 80.3 Å². The van der Waals surface area contributed by atoms with Crippen LogP contribution in [0.25, 0.3) is 122 Å². The van der Waals surface area contributed by atoms with E-state index in [0.29, 0.717) is 102 Å². The van der Waals surface area contributed by atoms with Crippen molar-refractivity contribution < 1.29 is 60.0 Å². The number of phenolic OH excluding ortho intramolecular Hbond substituents is 8. The predicted molar refractivity (Wildman–Crippen MR) is 528 cm³/mol. The molecule has 9 aromatic carbocycles. The molecule has 41 heteroatoms. The van der Waals surface area contributed by atoms with Gasteiger partial charge in [0.25, 0.3) is 0 Å². The van der Waals surface area contributed by atoms with Crippen LogP contribution >= 0.6 is 0 Å². The molecule has 2 aliphatic carbocycles. The second kappa shape index (κ2) is 38.9. The number of ketones is 4. The summed E-state index contributed by atoms with van der Waals surface area (Å²) in [4.78, 5) is 110. The normalized spacial score (nSPS) is 11.7. The quantitative estimate of drug-likeness (QED) is 0.0659. The average molecular weight is 1840 g/mol. The van der Waals surface area contributed by atoms with Crippen LogP contribution in [0, 0.1) is 0 Å². The summed E-state index contributed by atoms with van der Waals surface area (Å²) in [5.74, 6) is 1.12. The number of rotatable bonds is 7. The Bertz CT molecular complexity index is 7550. The molecule has 10 heterocycles. The Labute approximate surface area is 778 Å². The van der Waals surface area contributed by atoms with Gasteiger partial charge in [0.1, 0.15) is 98.1 Å². The first-order chi connectivity index (χ1) is 66.0. The zero-order chi connectivity index (χ0) is 98.2. The van der Waals surface area contributed by atoms with Crippen LogP contribution in [0.4, 0.5) is 81.8 Å². The summed E-state index contributed by atoms with van der Waals surface area (Å²) in [6.07, 6.45) is 7.18. The van der Waals surface area contributed by atoms with E-state index >= 15 is 0 Å². The SMILES string of the molecule is Nc1cc2c(c(N)n1)C(=O)C(c1cccc(O)c1)=CC2=O.Nc1cc2ccc(-c3cccc(O)c3)cc2c(N)n1.Nc1cc2ncc(-c3ccc(O)c(O)c3)cc2c(N)n1.Nc1cc2ncc(-c3cccc(O)c3)nc2c(N)n1.Nc1nc(N)c2c(n1)C(=O)C=C(c1cccc(O)c1)C2=O.Nc1nc(N)c2cc(-c3cccc(O)c3)ccc2n1.Nc1nc(N)c2nc(-c3cccc(O)c3)cnc2n1. The number of anilines is 14. The third kappa shape index (κ3) is 20.7. The van der Waals surface area contributed by atoms with Gasteiger partial charge in [-0.2, -0.15) is 19.9 Å². The summed E-state index contributed by atoms with van der Waals surface area (Å²) in [6.45, 7) is 0. The fourth-order valence-electron chi connectivity index (χ4n) is 14.3. The third-order valence-electron chi connectivity index (χ3n) is 20.7. The molecule has 0 saturated heterocycles. The summed E-state index contributed by atoms with van der Waals surface area (Å²) in [7, 11) is 0. The number of nitrogens with zero attached hydrogens (tertiary/aromatic N) is 15. The van der Waals surface area contributed by atoms with Crippen molar-refractivity contribution in [1.82, 2.24) is 74.8 Å². The molecule has 0 atom stereocenters. The number of hydrogen-bond donors (Lipinski definition) is 22. The maximum Gasteiger partial charge on any atom is 0.224 e. The molecule has 10 aromatic heterocycles. The van der Waals surface area contributed by atoms with Crippen molar-refractivity contribution in [3.63, 3.8) is 0 Å². The first-order valence-corrected chi connectivity index (χ1v) is 40.8. The number of aromatic nitrogens is 15. The number of nitrogens with two attached hydrogens (primary N) is 14. The van der Waals surface area contributed by atoms with E-state index in [0.717, 1.165) is 61.2 Å². The molecule has 0 unspecified atom stereocenters. The van der Waals surface area contributed by atoms with Gasteiger partial charge in [-0.15, -0.1) is 0 Å². The molecule has 19 aromatic rings. The first-order valence-electron chi connectivity index (χ1n) is 40.8. The van der Waals surface area contributed by atoms with Crippen LogP contribution < -0.4 is 80.3 Å². The number of fused-ring (bicyclic) bond motifs is 7. The highest BCUT2D eigenvalue weighted by molar-refractivity contribution is 6.41. The lowest BCUT2D eigenvalue weighted by Crippen LogP contribution is -2.22. The summed E-state index contributed by atoms with van der Waals surface area (Å²) in [5.41, 5.74) is 91.7. The van der Waals surface area contributed by atoms with Crippen molar-refractivity contribution in [1.29, 1.82) is 0 Å². The minimum absolute atomic E-state index is 0.00264. The minimum atomic E-state index is -0.483. The Hall–Kier alpha value is -20.8. The van der Waals surface area contributed by atoms with E-state index in [2.05, 4.69) is 74.8 Å². The van der Waals surface area contributed by atoms with E-state index in [-0.39, 0.29) is 132 Å². The average Bonchev–Trinajstić information content (AvgIpc) is 0.768. The lowest BCUT2D eigenvalue weighted by atomic mass is 9.86. The van der Waals surface area contributed by atoms with Gasteiger partial charge in [-0.05, 0) is 178 Å². The van der Waals surface area contributed by atoms with E-state index in [1.54, 1.807) is 140 Å². The summed E-state index contributed by atoms with van der Waals surface area (Å²) in [5, 5.41) is 79.1. The number of Topliss-reactive ketones (excluding diaryl/α,β-unsaturated/α-hetero) is 2. The lowest BCUT2D eigenvalue weighted by Gasteiger charge is -2.17. The van der Waals surface area contributed by atoms with Gasteiger partial charge in [-0.1, -0.05) is 97.1 Å². The zero-order valence-corrected chi connectivity index (χ0v) is 71.8. The van der Waals surface area contributed by atoms with Crippen LogP contribution in [-0.4, -0.2) is 139 Å². The van der Waals surface area contributed by atoms with Crippen molar-refractivity contribution in [2.45, 2.75) is 0 Å². The van der Waals surface area contributed by atoms with Gasteiger partial charge in [0.05, 0.1) is 51.5 Å². The fourth-order valence-corrected chi connectivity index (χ4v) is 14.3. The maximum absolute atomic E-state index is 12.5. The highest BCUT2D eigenvalue weighted by Crippen LogP contribution is 2.39. The van der Waals surface area contributed by atoms with Crippen LogP contribution in [0.5, 0.6) is 46.0 Å². The molecule has 41 nitrogen and oxygen atoms in total. The van der Waals surface area contributed by atoms with Gasteiger partial charge in [0.15, 0.2) is 51.6 Å². The Morgan fingerprint density at radius 1 is 0.246 bits per heavy atom. The largest absolute Gasteiger partial charge is 0.508 e. The van der Waals surface area contributed by atoms with Gasteiger partial charge >= 0.3 is 0 Å². The molecule has 36 N–H and O–H groups in total. The van der Waals surface area contributed by atoms with Gasteiger partial charge < -0.3 is 121 Å². The van der Waals surface area contributed by atoms with Crippen molar-refractivity contribution in [3.8, 4) is 102 Å². The fraction of sp³-hybridized carbons (Fsp3) is 0. The molecule has 21 rings (SSSR count). The van der Waals surface area contributed by atoms with Crippen LogP contribution in [0.3, 0.4) is 0 Å². The van der Waals surface area contributed by atoms with E-state index in [1.165, 1.54) is 48.5 Å².